The van der Waals surface area contributed by atoms with Gasteiger partial charge in [-0.25, -0.2) is 0 Å². The van der Waals surface area contributed by atoms with Crippen molar-refractivity contribution in [2.75, 3.05) is 32.0 Å². The van der Waals surface area contributed by atoms with E-state index in [2.05, 4.69) is 26.1 Å². The second-order valence-electron chi connectivity index (χ2n) is 4.15. The predicted octanol–water partition coefficient (Wildman–Crippen LogP) is 1.62. The van der Waals surface area contributed by atoms with Crippen LogP contribution in [0.4, 0.5) is 0 Å². The molecule has 0 aromatic carbocycles. The molecule has 0 aromatic heterocycles. The Labute approximate surface area is 101 Å². The summed E-state index contributed by atoms with van der Waals surface area (Å²) in [6, 6.07) is 0. The maximum Gasteiger partial charge on any atom is 0.224 e. The molecule has 0 saturated carbocycles. The first-order valence-corrected chi connectivity index (χ1v) is 6.90. The molecule has 0 radical (unpaired) electrons. The number of rotatable bonds is 5. The van der Waals surface area contributed by atoms with E-state index >= 15 is 0 Å². The molecule has 0 spiro atoms. The van der Waals surface area contributed by atoms with Crippen LogP contribution in [0.5, 0.6) is 0 Å². The molecule has 1 saturated heterocycles. The van der Waals surface area contributed by atoms with E-state index in [1.54, 1.807) is 7.05 Å². The molecular formula is C11H21BrN2O. The molecule has 1 amide bonds. The lowest BCUT2D eigenvalue weighted by molar-refractivity contribution is -0.126. The third kappa shape index (κ3) is 4.51. The zero-order valence-corrected chi connectivity index (χ0v) is 11.1. The summed E-state index contributed by atoms with van der Waals surface area (Å²) in [6.07, 6.45) is 4.66. The SMILES string of the molecule is CNC(=O)C1CCCN(CCCCBr)C1. The molecule has 0 bridgehead atoms. The van der Waals surface area contributed by atoms with Crippen molar-refractivity contribution in [3.05, 3.63) is 0 Å². The Balaban J connectivity index is 2.26. The molecule has 15 heavy (non-hydrogen) atoms. The van der Waals surface area contributed by atoms with Gasteiger partial charge in [0.15, 0.2) is 0 Å². The van der Waals surface area contributed by atoms with Crippen molar-refractivity contribution in [2.24, 2.45) is 5.92 Å². The summed E-state index contributed by atoms with van der Waals surface area (Å²) in [5.41, 5.74) is 0. The fourth-order valence-electron chi connectivity index (χ4n) is 2.11. The molecule has 3 nitrogen and oxygen atoms in total. The van der Waals surface area contributed by atoms with Crippen molar-refractivity contribution < 1.29 is 4.79 Å². The first-order valence-electron chi connectivity index (χ1n) is 5.78. The van der Waals surface area contributed by atoms with Crippen molar-refractivity contribution in [3.8, 4) is 0 Å². The van der Waals surface area contributed by atoms with Crippen LogP contribution in [0.2, 0.25) is 0 Å². The van der Waals surface area contributed by atoms with Crippen LogP contribution in [0.25, 0.3) is 0 Å². The Hall–Kier alpha value is -0.0900. The minimum atomic E-state index is 0.209. The van der Waals surface area contributed by atoms with E-state index in [1.165, 1.54) is 12.8 Å². The standard InChI is InChI=1S/C11H21BrN2O/c1-13-11(15)10-5-4-8-14(9-10)7-3-2-6-12/h10H,2-9H2,1H3,(H,13,15). The van der Waals surface area contributed by atoms with Crippen LogP contribution >= 0.6 is 15.9 Å². The molecular weight excluding hydrogens is 256 g/mol. The normalized spacial score (nSPS) is 22.7. The van der Waals surface area contributed by atoms with Gasteiger partial charge in [0, 0.05) is 18.9 Å². The number of alkyl halides is 1. The molecule has 88 valence electrons. The first-order chi connectivity index (χ1) is 7.27. The van der Waals surface area contributed by atoms with Crippen molar-refractivity contribution in [3.63, 3.8) is 0 Å². The van der Waals surface area contributed by atoms with Crippen molar-refractivity contribution in [2.45, 2.75) is 25.7 Å². The number of unbranched alkanes of at least 4 members (excludes halogenated alkanes) is 1. The topological polar surface area (TPSA) is 32.3 Å². The minimum Gasteiger partial charge on any atom is -0.359 e. The Morgan fingerprint density at radius 3 is 3.00 bits per heavy atom. The average Bonchev–Trinajstić information content (AvgIpc) is 2.29. The maximum absolute atomic E-state index is 11.5. The zero-order chi connectivity index (χ0) is 11.1. The van der Waals surface area contributed by atoms with E-state index in [9.17, 15) is 4.79 Å². The van der Waals surface area contributed by atoms with Gasteiger partial charge in [0.05, 0.1) is 5.92 Å². The molecule has 1 aliphatic rings. The van der Waals surface area contributed by atoms with Crippen molar-refractivity contribution in [1.82, 2.24) is 10.2 Å². The number of carbonyl (C=O) groups excluding carboxylic acids is 1. The largest absolute Gasteiger partial charge is 0.359 e. The molecule has 1 fully saturated rings. The second kappa shape index (κ2) is 7.23. The van der Waals surface area contributed by atoms with E-state index in [-0.39, 0.29) is 11.8 Å². The highest BCUT2D eigenvalue weighted by molar-refractivity contribution is 9.09. The van der Waals surface area contributed by atoms with Gasteiger partial charge in [-0.05, 0) is 38.8 Å². The summed E-state index contributed by atoms with van der Waals surface area (Å²) in [5, 5.41) is 3.83. The Bertz CT molecular complexity index is 199. The summed E-state index contributed by atoms with van der Waals surface area (Å²) in [4.78, 5) is 13.9. The van der Waals surface area contributed by atoms with Crippen LogP contribution in [0.15, 0.2) is 0 Å². The van der Waals surface area contributed by atoms with Crippen LogP contribution in [-0.4, -0.2) is 42.8 Å². The third-order valence-electron chi connectivity index (χ3n) is 2.98. The number of piperidine rings is 1. The summed E-state index contributed by atoms with van der Waals surface area (Å²) < 4.78 is 0. The van der Waals surface area contributed by atoms with Gasteiger partial charge in [0.2, 0.25) is 5.91 Å². The first kappa shape index (κ1) is 13.0. The summed E-state index contributed by atoms with van der Waals surface area (Å²) in [7, 11) is 1.73. The second-order valence-corrected chi connectivity index (χ2v) is 4.94. The van der Waals surface area contributed by atoms with Crippen LogP contribution in [0, 0.1) is 5.92 Å². The zero-order valence-electron chi connectivity index (χ0n) is 9.47. The molecule has 1 heterocycles. The molecule has 0 aromatic rings. The molecule has 4 heteroatoms. The summed E-state index contributed by atoms with van der Waals surface area (Å²) in [5.74, 6) is 0.424. The van der Waals surface area contributed by atoms with E-state index in [4.69, 9.17) is 0 Å². The van der Waals surface area contributed by atoms with Gasteiger partial charge in [0.25, 0.3) is 0 Å². The Morgan fingerprint density at radius 2 is 2.33 bits per heavy atom. The van der Waals surface area contributed by atoms with Crippen LogP contribution in [0.3, 0.4) is 0 Å². The fourth-order valence-corrected chi connectivity index (χ4v) is 2.50. The highest BCUT2D eigenvalue weighted by Gasteiger charge is 2.24. The lowest BCUT2D eigenvalue weighted by Crippen LogP contribution is -2.42. The predicted molar refractivity (Wildman–Crippen MR) is 66.3 cm³/mol. The monoisotopic (exact) mass is 276 g/mol. The molecule has 1 unspecified atom stereocenters. The van der Waals surface area contributed by atoms with E-state index in [1.807, 2.05) is 0 Å². The number of halogens is 1. The third-order valence-corrected chi connectivity index (χ3v) is 3.54. The van der Waals surface area contributed by atoms with Gasteiger partial charge in [-0.1, -0.05) is 15.9 Å². The summed E-state index contributed by atoms with van der Waals surface area (Å²) >= 11 is 3.44. The smallest absolute Gasteiger partial charge is 0.224 e. The van der Waals surface area contributed by atoms with Crippen LogP contribution in [-0.2, 0) is 4.79 Å². The van der Waals surface area contributed by atoms with E-state index in [0.29, 0.717) is 0 Å². The fraction of sp³-hybridized carbons (Fsp3) is 0.909. The number of likely N-dealkylation sites (tertiary alicyclic amines) is 1. The molecule has 0 aliphatic carbocycles. The van der Waals surface area contributed by atoms with Crippen molar-refractivity contribution in [1.29, 1.82) is 0 Å². The minimum absolute atomic E-state index is 0.209. The van der Waals surface area contributed by atoms with Gasteiger partial charge in [-0.3, -0.25) is 4.79 Å². The van der Waals surface area contributed by atoms with Gasteiger partial charge >= 0.3 is 0 Å². The number of nitrogens with one attached hydrogen (secondary N) is 1. The number of nitrogens with zero attached hydrogens (tertiary/aromatic N) is 1. The molecule has 1 aliphatic heterocycles. The number of hydrogen-bond acceptors (Lipinski definition) is 2. The maximum atomic E-state index is 11.5. The molecule has 1 atom stereocenters. The van der Waals surface area contributed by atoms with Crippen LogP contribution in [0.1, 0.15) is 25.7 Å². The summed E-state index contributed by atoms with van der Waals surface area (Å²) in [6.45, 7) is 3.25. The lowest BCUT2D eigenvalue weighted by Gasteiger charge is -2.31. The van der Waals surface area contributed by atoms with E-state index < -0.39 is 0 Å². The molecule has 1 N–H and O–H groups in total. The van der Waals surface area contributed by atoms with Crippen molar-refractivity contribution >= 4 is 21.8 Å². The van der Waals surface area contributed by atoms with Gasteiger partial charge < -0.3 is 10.2 Å². The highest BCUT2D eigenvalue weighted by Crippen LogP contribution is 2.16. The number of amides is 1. The average molecular weight is 277 g/mol. The van der Waals surface area contributed by atoms with E-state index in [0.717, 1.165) is 37.8 Å². The lowest BCUT2D eigenvalue weighted by atomic mass is 9.97. The Kier molecular flexibility index (Phi) is 6.25. The Morgan fingerprint density at radius 1 is 1.53 bits per heavy atom. The number of hydrogen-bond donors (Lipinski definition) is 1. The van der Waals surface area contributed by atoms with Gasteiger partial charge in [0.1, 0.15) is 0 Å². The van der Waals surface area contributed by atoms with Gasteiger partial charge in [-0.15, -0.1) is 0 Å². The van der Waals surface area contributed by atoms with Gasteiger partial charge in [-0.2, -0.15) is 0 Å². The molecule has 1 rings (SSSR count). The highest BCUT2D eigenvalue weighted by atomic mass is 79.9. The quantitative estimate of drug-likeness (QED) is 0.612. The van der Waals surface area contributed by atoms with Crippen LogP contribution < -0.4 is 5.32 Å². The number of carbonyl (C=O) groups is 1.